The fraction of sp³-hybridized carbons (Fsp3) is 0.292. The Balaban J connectivity index is 1.31. The van der Waals surface area contributed by atoms with E-state index in [9.17, 15) is 4.79 Å². The first-order chi connectivity index (χ1) is 14.7. The van der Waals surface area contributed by atoms with Gasteiger partial charge < -0.3 is 14.2 Å². The highest BCUT2D eigenvalue weighted by atomic mass is 32.1. The predicted octanol–water partition coefficient (Wildman–Crippen LogP) is 5.81. The zero-order valence-corrected chi connectivity index (χ0v) is 18.7. The number of rotatable bonds is 9. The third kappa shape index (κ3) is 4.36. The Bertz CT molecular complexity index is 987. The molecule has 0 bridgehead atoms. The molecule has 1 aromatic carbocycles. The minimum absolute atomic E-state index is 0.330. The van der Waals surface area contributed by atoms with Crippen LogP contribution in [0.15, 0.2) is 53.2 Å². The molecule has 1 aliphatic rings. The summed E-state index contributed by atoms with van der Waals surface area (Å²) in [5.74, 6) is 0.491. The second-order valence-corrected chi connectivity index (χ2v) is 8.74. The Morgan fingerprint density at radius 2 is 1.70 bits per heavy atom. The monoisotopic (exact) mass is 440 g/mol. The van der Waals surface area contributed by atoms with E-state index in [1.54, 1.807) is 29.6 Å². The molecule has 1 unspecified atom stereocenters. The highest BCUT2D eigenvalue weighted by Gasteiger charge is 2.25. The van der Waals surface area contributed by atoms with Gasteiger partial charge in [-0.3, -0.25) is 0 Å². The van der Waals surface area contributed by atoms with E-state index in [4.69, 9.17) is 14.2 Å². The fourth-order valence-corrected chi connectivity index (χ4v) is 5.54. The van der Waals surface area contributed by atoms with Crippen molar-refractivity contribution in [1.82, 2.24) is 0 Å². The Morgan fingerprint density at radius 3 is 2.30 bits per heavy atom. The van der Waals surface area contributed by atoms with Crippen molar-refractivity contribution in [2.75, 3.05) is 20.3 Å². The summed E-state index contributed by atoms with van der Waals surface area (Å²) in [6.45, 7) is 2.76. The predicted molar refractivity (Wildman–Crippen MR) is 122 cm³/mol. The van der Waals surface area contributed by atoms with Crippen molar-refractivity contribution in [2.45, 2.75) is 25.9 Å². The zero-order chi connectivity index (χ0) is 20.9. The van der Waals surface area contributed by atoms with Crippen LogP contribution < -0.4 is 4.74 Å². The molecule has 0 aliphatic heterocycles. The van der Waals surface area contributed by atoms with Crippen molar-refractivity contribution in [2.24, 2.45) is 0 Å². The summed E-state index contributed by atoms with van der Waals surface area (Å²) < 4.78 is 16.2. The summed E-state index contributed by atoms with van der Waals surface area (Å²) >= 11 is 3.61. The topological polar surface area (TPSA) is 44.8 Å². The third-order valence-corrected chi connectivity index (χ3v) is 6.92. The van der Waals surface area contributed by atoms with Gasteiger partial charge in [-0.15, -0.1) is 22.7 Å². The number of carbonyl (C=O) groups excluding carboxylic acids is 1. The van der Waals surface area contributed by atoms with E-state index >= 15 is 0 Å². The Labute approximate surface area is 184 Å². The van der Waals surface area contributed by atoms with Gasteiger partial charge in [-0.1, -0.05) is 18.2 Å². The molecule has 1 aliphatic carbocycles. The van der Waals surface area contributed by atoms with Crippen LogP contribution in [0.2, 0.25) is 0 Å². The number of thiophene rings is 2. The standard InChI is InChI=1S/C24H24O4S2/c1-3-27-24(25)21(26-2)15-16-6-8-17(9-7-16)28-12-4-5-20-22-18(10-13-29-22)19-11-14-30-23(19)20/h5-11,13-14,21H,3-4,12,15H2,1-2H3. The first-order valence-electron chi connectivity index (χ1n) is 9.98. The van der Waals surface area contributed by atoms with Crippen LogP contribution in [0.5, 0.6) is 5.75 Å². The minimum Gasteiger partial charge on any atom is -0.493 e. The van der Waals surface area contributed by atoms with Crippen LogP contribution in [0.4, 0.5) is 0 Å². The lowest BCUT2D eigenvalue weighted by atomic mass is 10.1. The van der Waals surface area contributed by atoms with E-state index in [2.05, 4.69) is 29.0 Å². The van der Waals surface area contributed by atoms with Crippen molar-refractivity contribution in [3.8, 4) is 16.9 Å². The molecule has 0 saturated carbocycles. The molecule has 2 aromatic heterocycles. The van der Waals surface area contributed by atoms with Crippen molar-refractivity contribution in [3.05, 3.63) is 68.6 Å². The molecular formula is C24H24O4S2. The first-order valence-corrected chi connectivity index (χ1v) is 11.7. The molecule has 0 radical (unpaired) electrons. The van der Waals surface area contributed by atoms with Crippen LogP contribution in [0.3, 0.4) is 0 Å². The number of hydrogen-bond donors (Lipinski definition) is 0. The molecule has 4 rings (SSSR count). The lowest BCUT2D eigenvalue weighted by Gasteiger charge is -2.14. The van der Waals surface area contributed by atoms with Crippen LogP contribution >= 0.6 is 22.7 Å². The van der Waals surface area contributed by atoms with Crippen molar-refractivity contribution in [3.63, 3.8) is 0 Å². The van der Waals surface area contributed by atoms with Gasteiger partial charge in [0.05, 0.1) is 13.2 Å². The van der Waals surface area contributed by atoms with Gasteiger partial charge in [0.1, 0.15) is 5.75 Å². The van der Waals surface area contributed by atoms with Gasteiger partial charge in [0.15, 0.2) is 6.10 Å². The maximum atomic E-state index is 11.9. The van der Waals surface area contributed by atoms with Crippen LogP contribution in [0.25, 0.3) is 16.7 Å². The van der Waals surface area contributed by atoms with E-state index in [1.807, 2.05) is 24.3 Å². The molecule has 3 aromatic rings. The number of benzene rings is 1. The van der Waals surface area contributed by atoms with Crippen LogP contribution in [0, 0.1) is 0 Å². The Morgan fingerprint density at radius 1 is 1.03 bits per heavy atom. The molecule has 2 heterocycles. The van der Waals surface area contributed by atoms with Gasteiger partial charge in [-0.25, -0.2) is 4.79 Å². The number of ether oxygens (including phenoxy) is 3. The molecule has 0 fully saturated rings. The number of hydrogen-bond acceptors (Lipinski definition) is 6. The zero-order valence-electron chi connectivity index (χ0n) is 17.1. The van der Waals surface area contributed by atoms with Crippen LogP contribution in [-0.4, -0.2) is 32.4 Å². The lowest BCUT2D eigenvalue weighted by Crippen LogP contribution is -2.27. The number of carbonyl (C=O) groups is 1. The SMILES string of the molecule is CCOC(=O)C(Cc1ccc(OCCC=C2c3sccc3-c3ccsc32)cc1)OC. The molecule has 0 N–H and O–H groups in total. The lowest BCUT2D eigenvalue weighted by molar-refractivity contribution is -0.154. The van der Waals surface area contributed by atoms with Gasteiger partial charge in [0.25, 0.3) is 0 Å². The quantitative estimate of drug-likeness (QED) is 0.243. The molecular weight excluding hydrogens is 416 g/mol. The second kappa shape index (κ2) is 9.60. The van der Waals surface area contributed by atoms with Crippen molar-refractivity contribution < 1.29 is 19.0 Å². The summed E-state index contributed by atoms with van der Waals surface area (Å²) in [4.78, 5) is 14.6. The molecule has 0 spiro atoms. The first kappa shape index (κ1) is 20.8. The average Bonchev–Trinajstić information content (AvgIpc) is 3.46. The van der Waals surface area contributed by atoms with Crippen LogP contribution in [0.1, 0.15) is 28.7 Å². The number of methoxy groups -OCH3 is 1. The maximum absolute atomic E-state index is 11.9. The second-order valence-electron chi connectivity index (χ2n) is 6.91. The average molecular weight is 441 g/mol. The Hall–Kier alpha value is -2.41. The molecule has 30 heavy (non-hydrogen) atoms. The molecule has 1 atom stereocenters. The summed E-state index contributed by atoms with van der Waals surface area (Å²) in [5.41, 5.74) is 5.06. The highest BCUT2D eigenvalue weighted by molar-refractivity contribution is 7.15. The summed E-state index contributed by atoms with van der Waals surface area (Å²) in [6, 6.07) is 12.2. The molecule has 0 saturated heterocycles. The minimum atomic E-state index is -0.584. The van der Waals surface area contributed by atoms with E-state index < -0.39 is 6.10 Å². The molecule has 4 nitrogen and oxygen atoms in total. The fourth-order valence-electron chi connectivity index (χ4n) is 3.56. The van der Waals surface area contributed by atoms with Crippen LogP contribution in [-0.2, 0) is 20.7 Å². The normalized spacial score (nSPS) is 12.9. The molecule has 0 amide bonds. The van der Waals surface area contributed by atoms with Gasteiger partial charge >= 0.3 is 5.97 Å². The summed E-state index contributed by atoms with van der Waals surface area (Å²) in [5, 5.41) is 4.32. The third-order valence-electron chi connectivity index (χ3n) is 5.02. The van der Waals surface area contributed by atoms with Crippen molar-refractivity contribution >= 4 is 34.2 Å². The molecule has 156 valence electrons. The van der Waals surface area contributed by atoms with Gasteiger partial charge in [0.2, 0.25) is 0 Å². The van der Waals surface area contributed by atoms with Gasteiger partial charge in [0, 0.05) is 46.4 Å². The highest BCUT2D eigenvalue weighted by Crippen LogP contribution is 2.49. The van der Waals surface area contributed by atoms with Crippen molar-refractivity contribution in [1.29, 1.82) is 0 Å². The summed E-state index contributed by atoms with van der Waals surface area (Å²) in [7, 11) is 1.52. The summed E-state index contributed by atoms with van der Waals surface area (Å²) in [6.07, 6.45) is 3.03. The largest absolute Gasteiger partial charge is 0.493 e. The Kier molecular flexibility index (Phi) is 6.67. The van der Waals surface area contributed by atoms with E-state index in [0.717, 1.165) is 17.7 Å². The van der Waals surface area contributed by atoms with E-state index in [1.165, 1.54) is 33.6 Å². The van der Waals surface area contributed by atoms with Gasteiger partial charge in [-0.2, -0.15) is 0 Å². The number of esters is 1. The van der Waals surface area contributed by atoms with E-state index in [-0.39, 0.29) is 5.97 Å². The molecule has 6 heteroatoms. The van der Waals surface area contributed by atoms with E-state index in [0.29, 0.717) is 19.6 Å². The maximum Gasteiger partial charge on any atom is 0.335 e. The number of fused-ring (bicyclic) bond motifs is 3. The van der Waals surface area contributed by atoms with Gasteiger partial charge in [-0.05, 0) is 47.5 Å². The smallest absolute Gasteiger partial charge is 0.335 e.